The van der Waals surface area contributed by atoms with Gasteiger partial charge < -0.3 is 29.5 Å². The number of nitrogens with zero attached hydrogens (tertiary/aromatic N) is 2. The van der Waals surface area contributed by atoms with E-state index in [0.717, 1.165) is 47.6 Å². The van der Waals surface area contributed by atoms with Gasteiger partial charge in [0.1, 0.15) is 16.9 Å². The molecule has 0 atom stereocenters. The maximum Gasteiger partial charge on any atom is 0.191 e. The first-order valence-electron chi connectivity index (χ1n) is 11.3. The minimum Gasteiger partial charge on any atom is -0.496 e. The standard InChI is InChI=1S/C24H29N5O3S/c1-3-15-6-7-21(19(9-15)30-2)33-28-24-22-20(32-27-24)10-17(18-5-4-8-31-23(18)22)14-29-13-16(11-25)12-26-29/h6-7,9-10,13,26H,3-5,8,11-12,14,25H2,1-2H3,(H,27,28). The summed E-state index contributed by atoms with van der Waals surface area (Å²) in [5.41, 5.74) is 14.7. The fourth-order valence-corrected chi connectivity index (χ4v) is 5.00. The molecule has 5 rings (SSSR count). The molecule has 3 aromatic rings. The lowest BCUT2D eigenvalue weighted by molar-refractivity contribution is 0.280. The van der Waals surface area contributed by atoms with Gasteiger partial charge in [-0.25, -0.2) is 5.43 Å². The Labute approximate surface area is 197 Å². The smallest absolute Gasteiger partial charge is 0.191 e. The molecule has 0 saturated carbocycles. The van der Waals surface area contributed by atoms with Gasteiger partial charge in [-0.3, -0.25) is 0 Å². The minimum absolute atomic E-state index is 0.560. The van der Waals surface area contributed by atoms with E-state index < -0.39 is 0 Å². The summed E-state index contributed by atoms with van der Waals surface area (Å²) >= 11 is 1.46. The minimum atomic E-state index is 0.560. The van der Waals surface area contributed by atoms with Crippen LogP contribution in [0.1, 0.15) is 30.0 Å². The number of nitrogens with one attached hydrogen (secondary N) is 2. The summed E-state index contributed by atoms with van der Waals surface area (Å²) in [6.45, 7) is 4.88. The zero-order valence-electron chi connectivity index (χ0n) is 18.9. The number of rotatable bonds is 8. The molecule has 0 fully saturated rings. The van der Waals surface area contributed by atoms with Crippen molar-refractivity contribution >= 4 is 28.7 Å². The van der Waals surface area contributed by atoms with E-state index in [1.54, 1.807) is 7.11 Å². The Morgan fingerprint density at radius 2 is 2.24 bits per heavy atom. The molecular weight excluding hydrogens is 438 g/mol. The summed E-state index contributed by atoms with van der Waals surface area (Å²) in [6.07, 6.45) is 5.00. The van der Waals surface area contributed by atoms with Crippen molar-refractivity contribution in [3.8, 4) is 11.5 Å². The second-order valence-corrected chi connectivity index (χ2v) is 9.04. The lowest BCUT2D eigenvalue weighted by Crippen LogP contribution is -2.29. The number of aryl methyl sites for hydroxylation is 1. The predicted octanol–water partition coefficient (Wildman–Crippen LogP) is 4.01. The summed E-state index contributed by atoms with van der Waals surface area (Å²) < 4.78 is 20.8. The molecule has 33 heavy (non-hydrogen) atoms. The summed E-state index contributed by atoms with van der Waals surface area (Å²) in [4.78, 5) is 0.986. The van der Waals surface area contributed by atoms with Gasteiger partial charge in [0.15, 0.2) is 11.4 Å². The van der Waals surface area contributed by atoms with E-state index in [-0.39, 0.29) is 0 Å². The van der Waals surface area contributed by atoms with Gasteiger partial charge in [-0.1, -0.05) is 18.1 Å². The molecule has 0 bridgehead atoms. The van der Waals surface area contributed by atoms with Crippen LogP contribution in [0.15, 0.2) is 45.5 Å². The van der Waals surface area contributed by atoms with Crippen molar-refractivity contribution in [1.29, 1.82) is 0 Å². The third kappa shape index (κ3) is 4.36. The number of ether oxygens (including phenoxy) is 2. The van der Waals surface area contributed by atoms with E-state index in [1.165, 1.54) is 34.2 Å². The van der Waals surface area contributed by atoms with Crippen molar-refractivity contribution in [2.24, 2.45) is 5.73 Å². The number of nitrogens with two attached hydrogens (primary N) is 1. The van der Waals surface area contributed by atoms with E-state index in [1.807, 2.05) is 0 Å². The lowest BCUT2D eigenvalue weighted by atomic mass is 9.97. The van der Waals surface area contributed by atoms with E-state index in [9.17, 15) is 0 Å². The molecule has 0 saturated heterocycles. The predicted molar refractivity (Wildman–Crippen MR) is 130 cm³/mol. The number of fused-ring (bicyclic) bond motifs is 3. The summed E-state index contributed by atoms with van der Waals surface area (Å²) in [6, 6.07) is 8.33. The van der Waals surface area contributed by atoms with Gasteiger partial charge in [0.2, 0.25) is 0 Å². The second kappa shape index (κ2) is 9.54. The summed E-state index contributed by atoms with van der Waals surface area (Å²) in [5.74, 6) is 2.36. The molecule has 2 aliphatic heterocycles. The first-order chi connectivity index (χ1) is 16.2. The van der Waals surface area contributed by atoms with Crippen LogP contribution < -0.4 is 25.4 Å². The van der Waals surface area contributed by atoms with Crippen LogP contribution in [0.3, 0.4) is 0 Å². The van der Waals surface area contributed by atoms with Crippen LogP contribution in [0.2, 0.25) is 0 Å². The van der Waals surface area contributed by atoms with E-state index in [2.05, 4.69) is 57.7 Å². The first kappa shape index (κ1) is 21.9. The number of benzene rings is 2. The van der Waals surface area contributed by atoms with Gasteiger partial charge in [0.25, 0.3) is 0 Å². The van der Waals surface area contributed by atoms with Gasteiger partial charge in [0, 0.05) is 24.9 Å². The first-order valence-corrected chi connectivity index (χ1v) is 12.1. The molecule has 8 nitrogen and oxygen atoms in total. The molecule has 2 aliphatic rings. The molecular formula is C24H29N5O3S. The quantitative estimate of drug-likeness (QED) is 0.425. The normalized spacial score (nSPS) is 15.4. The topological polar surface area (TPSA) is 97.8 Å². The highest BCUT2D eigenvalue weighted by Gasteiger charge is 2.25. The van der Waals surface area contributed by atoms with Crippen LogP contribution in [0.5, 0.6) is 11.5 Å². The molecule has 3 heterocycles. The van der Waals surface area contributed by atoms with Crippen LogP contribution >= 0.6 is 11.9 Å². The zero-order valence-corrected chi connectivity index (χ0v) is 19.8. The third-order valence-electron chi connectivity index (χ3n) is 6.07. The van der Waals surface area contributed by atoms with Gasteiger partial charge in [-0.2, -0.15) is 0 Å². The molecule has 0 unspecified atom stereocenters. The highest BCUT2D eigenvalue weighted by atomic mass is 32.2. The average Bonchev–Trinajstić information content (AvgIpc) is 3.49. The number of methoxy groups -OCH3 is 1. The maximum atomic E-state index is 6.16. The Balaban J connectivity index is 1.44. The van der Waals surface area contributed by atoms with Crippen LogP contribution in [0.4, 0.5) is 5.82 Å². The molecule has 0 radical (unpaired) electrons. The summed E-state index contributed by atoms with van der Waals surface area (Å²) in [5, 5.41) is 7.29. The third-order valence-corrected chi connectivity index (χ3v) is 6.93. The van der Waals surface area contributed by atoms with Gasteiger partial charge in [-0.15, -0.1) is 0 Å². The van der Waals surface area contributed by atoms with Crippen LogP contribution in [-0.2, 0) is 19.4 Å². The number of hydrogen-bond acceptors (Lipinski definition) is 9. The monoisotopic (exact) mass is 467 g/mol. The number of aromatic nitrogens is 1. The molecule has 1 aromatic heterocycles. The van der Waals surface area contributed by atoms with Gasteiger partial charge >= 0.3 is 0 Å². The van der Waals surface area contributed by atoms with Crippen molar-refractivity contribution < 1.29 is 14.0 Å². The van der Waals surface area contributed by atoms with Gasteiger partial charge in [-0.05, 0) is 66.1 Å². The van der Waals surface area contributed by atoms with E-state index in [0.29, 0.717) is 31.1 Å². The fourth-order valence-electron chi connectivity index (χ4n) is 4.27. The number of hydrazine groups is 1. The van der Waals surface area contributed by atoms with Crippen molar-refractivity contribution in [3.05, 3.63) is 52.7 Å². The van der Waals surface area contributed by atoms with Crippen molar-refractivity contribution in [2.75, 3.05) is 31.5 Å². The van der Waals surface area contributed by atoms with Crippen LogP contribution in [0, 0.1) is 0 Å². The SMILES string of the molecule is CCc1ccc(SNc2noc3cc(CN4C=C(CN)CN4)c4c(c23)OCCC4)c(OC)c1. The summed E-state index contributed by atoms with van der Waals surface area (Å²) in [7, 11) is 1.69. The van der Waals surface area contributed by atoms with Crippen molar-refractivity contribution in [2.45, 2.75) is 37.6 Å². The highest BCUT2D eigenvalue weighted by molar-refractivity contribution is 8.00. The Bertz CT molecular complexity index is 1190. The Morgan fingerprint density at radius 3 is 3.03 bits per heavy atom. The zero-order chi connectivity index (χ0) is 22.8. The Kier molecular flexibility index (Phi) is 6.34. The molecule has 174 valence electrons. The van der Waals surface area contributed by atoms with Crippen molar-refractivity contribution in [3.63, 3.8) is 0 Å². The van der Waals surface area contributed by atoms with Crippen LogP contribution in [0.25, 0.3) is 11.0 Å². The Hall–Kier alpha value is -2.88. The number of hydrogen-bond donors (Lipinski definition) is 3. The average molecular weight is 468 g/mol. The van der Waals surface area contributed by atoms with Gasteiger partial charge in [0.05, 0.1) is 25.2 Å². The molecule has 4 N–H and O–H groups in total. The molecule has 0 spiro atoms. The van der Waals surface area contributed by atoms with Crippen molar-refractivity contribution in [1.82, 2.24) is 15.6 Å². The van der Waals surface area contributed by atoms with E-state index in [4.69, 9.17) is 19.7 Å². The maximum absolute atomic E-state index is 6.16. The molecule has 2 aromatic carbocycles. The molecule has 9 heteroatoms. The fraction of sp³-hybridized carbons (Fsp3) is 0.375. The molecule has 0 amide bonds. The second-order valence-electron chi connectivity index (χ2n) is 8.20. The van der Waals surface area contributed by atoms with E-state index >= 15 is 0 Å². The highest BCUT2D eigenvalue weighted by Crippen LogP contribution is 2.42. The number of anilines is 1. The Morgan fingerprint density at radius 1 is 1.33 bits per heavy atom. The molecule has 0 aliphatic carbocycles. The lowest BCUT2D eigenvalue weighted by Gasteiger charge is -2.24. The van der Waals surface area contributed by atoms with Crippen LogP contribution in [-0.4, -0.2) is 37.0 Å². The largest absolute Gasteiger partial charge is 0.496 e.